The quantitative estimate of drug-likeness (QED) is 0.0985. The first-order valence-electron chi connectivity index (χ1n) is 10.6. The molecular formula is C26H18BrN3O3S2. The number of nitrogens with zero attached hydrogens (tertiary/aromatic N) is 3. The van der Waals surface area contributed by atoms with E-state index in [1.165, 1.54) is 28.0 Å². The molecule has 0 spiro atoms. The summed E-state index contributed by atoms with van der Waals surface area (Å²) in [5.74, 6) is -1.02. The van der Waals surface area contributed by atoms with Gasteiger partial charge >= 0.3 is 5.91 Å². The van der Waals surface area contributed by atoms with Gasteiger partial charge in [-0.2, -0.15) is 0 Å². The van der Waals surface area contributed by atoms with Gasteiger partial charge in [0.2, 0.25) is 5.13 Å². The third-order valence-corrected chi connectivity index (χ3v) is 8.14. The Kier molecular flexibility index (Phi) is 6.81. The van der Waals surface area contributed by atoms with Gasteiger partial charge in [-0.05, 0) is 23.3 Å². The van der Waals surface area contributed by atoms with E-state index in [0.29, 0.717) is 26.4 Å². The minimum Gasteiger partial charge on any atom is -0.507 e. The Balaban J connectivity index is 1.53. The number of carbonyl (C=O) groups excluding carboxylic acids is 2. The van der Waals surface area contributed by atoms with Crippen LogP contribution in [0.25, 0.3) is 5.76 Å². The summed E-state index contributed by atoms with van der Waals surface area (Å²) < 4.78 is 1.52. The third-order valence-electron chi connectivity index (χ3n) is 5.48. The lowest BCUT2D eigenvalue weighted by Crippen LogP contribution is -2.29. The second-order valence-electron chi connectivity index (χ2n) is 7.71. The lowest BCUT2D eigenvalue weighted by molar-refractivity contribution is -0.132. The maximum absolute atomic E-state index is 13.2. The molecule has 0 radical (unpaired) electrons. The highest BCUT2D eigenvalue weighted by atomic mass is 79.9. The number of ketones is 1. The van der Waals surface area contributed by atoms with Gasteiger partial charge in [0, 0.05) is 15.8 Å². The number of hydrogen-bond acceptors (Lipinski definition) is 7. The molecule has 35 heavy (non-hydrogen) atoms. The number of aliphatic hydroxyl groups excluding tert-OH is 1. The van der Waals surface area contributed by atoms with Gasteiger partial charge in [0.25, 0.3) is 5.78 Å². The van der Waals surface area contributed by atoms with Crippen molar-refractivity contribution in [3.63, 3.8) is 0 Å². The second kappa shape index (κ2) is 10.2. The van der Waals surface area contributed by atoms with Crippen LogP contribution in [0.2, 0.25) is 0 Å². The summed E-state index contributed by atoms with van der Waals surface area (Å²) in [6.45, 7) is 0. The molecule has 174 valence electrons. The van der Waals surface area contributed by atoms with Crippen molar-refractivity contribution >= 4 is 61.6 Å². The summed E-state index contributed by atoms with van der Waals surface area (Å²) in [5.41, 5.74) is 2.31. The van der Waals surface area contributed by atoms with Crippen LogP contribution in [0.5, 0.6) is 0 Å². The minimum atomic E-state index is -0.820. The number of amides is 1. The van der Waals surface area contributed by atoms with Crippen LogP contribution in [0, 0.1) is 0 Å². The van der Waals surface area contributed by atoms with Crippen LogP contribution < -0.4 is 4.90 Å². The fourth-order valence-electron chi connectivity index (χ4n) is 3.82. The lowest BCUT2D eigenvalue weighted by Gasteiger charge is -2.22. The maximum Gasteiger partial charge on any atom is 0.301 e. The minimum absolute atomic E-state index is 0.0252. The predicted molar refractivity (Wildman–Crippen MR) is 141 cm³/mol. The Labute approximate surface area is 218 Å². The van der Waals surface area contributed by atoms with E-state index in [1.807, 2.05) is 60.7 Å². The Hall–Kier alpha value is -3.27. The Bertz CT molecular complexity index is 1410. The zero-order chi connectivity index (χ0) is 24.4. The molecule has 3 aromatic carbocycles. The number of anilines is 1. The fourth-order valence-corrected chi connectivity index (χ4v) is 5.91. The van der Waals surface area contributed by atoms with Crippen molar-refractivity contribution in [2.75, 3.05) is 4.90 Å². The van der Waals surface area contributed by atoms with Gasteiger partial charge in [0.1, 0.15) is 5.76 Å². The number of halogens is 1. The molecular weight excluding hydrogens is 546 g/mol. The van der Waals surface area contributed by atoms with Gasteiger partial charge in [-0.1, -0.05) is 112 Å². The normalized spacial score (nSPS) is 17.2. The molecule has 1 atom stereocenters. The first-order chi connectivity index (χ1) is 17.0. The molecule has 1 amide bonds. The van der Waals surface area contributed by atoms with E-state index in [4.69, 9.17) is 0 Å². The SMILES string of the molecule is O=C1C(=O)N(c2nnc(SCc3ccccc3)s2)C(c2ccccc2)/C1=C(/O)c1ccc(Br)cc1. The molecule has 5 rings (SSSR count). The molecule has 1 aromatic heterocycles. The lowest BCUT2D eigenvalue weighted by atomic mass is 9.95. The van der Waals surface area contributed by atoms with Crippen molar-refractivity contribution in [1.82, 2.24) is 10.2 Å². The van der Waals surface area contributed by atoms with Crippen molar-refractivity contribution < 1.29 is 14.7 Å². The molecule has 1 aliphatic heterocycles. The van der Waals surface area contributed by atoms with Crippen molar-refractivity contribution in [3.8, 4) is 0 Å². The molecule has 1 saturated heterocycles. The van der Waals surface area contributed by atoms with Crippen molar-refractivity contribution in [1.29, 1.82) is 0 Å². The van der Waals surface area contributed by atoms with E-state index in [9.17, 15) is 14.7 Å². The molecule has 1 aliphatic rings. The standard InChI is InChI=1S/C26H18BrN3O3S2/c27-19-13-11-18(12-14-19)22(31)20-21(17-9-5-2-6-10-17)30(24(33)23(20)32)25-28-29-26(35-25)34-15-16-7-3-1-4-8-16/h1-14,21,31H,15H2/b22-20-. The van der Waals surface area contributed by atoms with Crippen molar-refractivity contribution in [3.05, 3.63) is 112 Å². The average Bonchev–Trinajstić information content (AvgIpc) is 3.46. The summed E-state index contributed by atoms with van der Waals surface area (Å²) >= 11 is 6.14. The van der Waals surface area contributed by atoms with Gasteiger partial charge in [-0.15, -0.1) is 10.2 Å². The molecule has 0 aliphatic carbocycles. The Morgan fingerprint density at radius 1 is 0.943 bits per heavy atom. The van der Waals surface area contributed by atoms with E-state index in [2.05, 4.69) is 26.1 Å². The summed E-state index contributed by atoms with van der Waals surface area (Å²) in [4.78, 5) is 27.8. The summed E-state index contributed by atoms with van der Waals surface area (Å²) in [6, 6.07) is 25.2. The average molecular weight is 564 g/mol. The largest absolute Gasteiger partial charge is 0.507 e. The van der Waals surface area contributed by atoms with Gasteiger partial charge in [-0.3, -0.25) is 14.5 Å². The molecule has 4 aromatic rings. The topological polar surface area (TPSA) is 83.4 Å². The van der Waals surface area contributed by atoms with E-state index in [-0.39, 0.29) is 11.3 Å². The molecule has 1 unspecified atom stereocenters. The van der Waals surface area contributed by atoms with Crippen LogP contribution in [-0.4, -0.2) is 27.0 Å². The van der Waals surface area contributed by atoms with Gasteiger partial charge in [-0.25, -0.2) is 0 Å². The molecule has 0 bridgehead atoms. The zero-order valence-corrected chi connectivity index (χ0v) is 21.4. The third kappa shape index (κ3) is 4.80. The summed E-state index contributed by atoms with van der Waals surface area (Å²) in [6.07, 6.45) is 0. The van der Waals surface area contributed by atoms with Gasteiger partial charge < -0.3 is 5.11 Å². The number of Topliss-reactive ketones (excluding diaryl/α,β-unsaturated/α-hetero) is 1. The van der Waals surface area contributed by atoms with Crippen molar-refractivity contribution in [2.45, 2.75) is 16.1 Å². The number of rotatable bonds is 6. The first-order valence-corrected chi connectivity index (χ1v) is 13.2. The van der Waals surface area contributed by atoms with Gasteiger partial charge in [0.05, 0.1) is 11.6 Å². The number of carbonyl (C=O) groups is 2. The van der Waals surface area contributed by atoms with Crippen LogP contribution in [0.3, 0.4) is 0 Å². The zero-order valence-electron chi connectivity index (χ0n) is 18.2. The van der Waals surface area contributed by atoms with Crippen molar-refractivity contribution in [2.24, 2.45) is 0 Å². The Morgan fingerprint density at radius 2 is 1.60 bits per heavy atom. The molecule has 9 heteroatoms. The Morgan fingerprint density at radius 3 is 2.29 bits per heavy atom. The number of benzene rings is 3. The molecule has 1 fully saturated rings. The number of aromatic nitrogens is 2. The molecule has 0 saturated carbocycles. The second-order valence-corrected chi connectivity index (χ2v) is 10.8. The van der Waals surface area contributed by atoms with E-state index >= 15 is 0 Å². The number of aliphatic hydroxyl groups is 1. The van der Waals surface area contributed by atoms with Crippen LogP contribution >= 0.6 is 39.0 Å². The predicted octanol–water partition coefficient (Wildman–Crippen LogP) is 6.22. The smallest absolute Gasteiger partial charge is 0.301 e. The molecule has 1 N–H and O–H groups in total. The van der Waals surface area contributed by atoms with Crippen LogP contribution in [0.15, 0.2) is 99.3 Å². The molecule has 6 nitrogen and oxygen atoms in total. The number of thioether (sulfide) groups is 1. The van der Waals surface area contributed by atoms with Crippen LogP contribution in [0.1, 0.15) is 22.7 Å². The van der Waals surface area contributed by atoms with Crippen LogP contribution in [0.4, 0.5) is 5.13 Å². The number of hydrogen-bond donors (Lipinski definition) is 1. The van der Waals surface area contributed by atoms with E-state index < -0.39 is 17.7 Å². The van der Waals surface area contributed by atoms with E-state index in [1.54, 1.807) is 24.3 Å². The maximum atomic E-state index is 13.2. The molecule has 2 heterocycles. The highest BCUT2D eigenvalue weighted by Gasteiger charge is 2.48. The fraction of sp³-hybridized carbons (Fsp3) is 0.0769. The monoisotopic (exact) mass is 563 g/mol. The first kappa shape index (κ1) is 23.5. The highest BCUT2D eigenvalue weighted by molar-refractivity contribution is 9.10. The summed E-state index contributed by atoms with van der Waals surface area (Å²) in [5, 5.41) is 19.9. The van der Waals surface area contributed by atoms with Gasteiger partial charge in [0.15, 0.2) is 4.34 Å². The van der Waals surface area contributed by atoms with Crippen LogP contribution in [-0.2, 0) is 15.3 Å². The van der Waals surface area contributed by atoms with E-state index in [0.717, 1.165) is 10.0 Å². The highest BCUT2D eigenvalue weighted by Crippen LogP contribution is 2.44. The summed E-state index contributed by atoms with van der Waals surface area (Å²) in [7, 11) is 0.